The molecular formula is C28H37N5O2. The Morgan fingerprint density at radius 2 is 1.91 bits per heavy atom. The summed E-state index contributed by atoms with van der Waals surface area (Å²) in [7, 11) is 0. The molecule has 4 rings (SSSR count). The van der Waals surface area contributed by atoms with Crippen LogP contribution in [0.25, 0.3) is 0 Å². The monoisotopic (exact) mass is 475 g/mol. The van der Waals surface area contributed by atoms with Gasteiger partial charge >= 0.3 is 6.09 Å². The maximum Gasteiger partial charge on any atom is 0.415 e. The fraction of sp³-hybridized carbons (Fsp3) is 0.464. The Labute approximate surface area is 208 Å². The number of cyclic esters (lactones) is 1. The minimum absolute atomic E-state index is 0.0248. The summed E-state index contributed by atoms with van der Waals surface area (Å²) in [6.07, 6.45) is 6.64. The first-order chi connectivity index (χ1) is 16.9. The van der Waals surface area contributed by atoms with E-state index in [1.807, 2.05) is 6.08 Å². The van der Waals surface area contributed by atoms with Crippen LogP contribution in [0, 0.1) is 11.8 Å². The summed E-state index contributed by atoms with van der Waals surface area (Å²) in [5, 5.41) is 3.38. The molecule has 1 unspecified atom stereocenters. The molecule has 1 N–H and O–H groups in total. The van der Waals surface area contributed by atoms with E-state index in [0.29, 0.717) is 24.3 Å². The molecule has 1 aromatic carbocycles. The third kappa shape index (κ3) is 5.84. The highest BCUT2D eigenvalue weighted by atomic mass is 16.6. The second-order valence-corrected chi connectivity index (χ2v) is 9.93. The van der Waals surface area contributed by atoms with E-state index in [2.05, 4.69) is 78.4 Å². The number of piperidine rings is 1. The molecule has 2 aliphatic rings. The summed E-state index contributed by atoms with van der Waals surface area (Å²) < 4.78 is 5.27. The number of hydrogen-bond donors (Lipinski definition) is 1. The quantitative estimate of drug-likeness (QED) is 0.477. The average Bonchev–Trinajstić information content (AvgIpc) is 3.26. The van der Waals surface area contributed by atoms with Crippen LogP contribution in [0.3, 0.4) is 0 Å². The smallest absolute Gasteiger partial charge is 0.415 e. The number of ether oxygens (including phenoxy) is 1. The molecule has 2 aliphatic heterocycles. The SMILES string of the molecule is C=CC(=C)N1CCC(Cc2ccc([C@H](C)Nc3nccc(N4C(=O)OCC4C(C)C)n3)cc2)CC1. The number of hydrogen-bond acceptors (Lipinski definition) is 6. The van der Waals surface area contributed by atoms with Crippen molar-refractivity contribution in [3.63, 3.8) is 0 Å². The van der Waals surface area contributed by atoms with Gasteiger partial charge in [-0.2, -0.15) is 4.98 Å². The highest BCUT2D eigenvalue weighted by Crippen LogP contribution is 2.28. The van der Waals surface area contributed by atoms with E-state index in [1.54, 1.807) is 17.2 Å². The zero-order valence-corrected chi connectivity index (χ0v) is 21.1. The van der Waals surface area contributed by atoms with Gasteiger partial charge in [0.2, 0.25) is 5.95 Å². The highest BCUT2D eigenvalue weighted by Gasteiger charge is 2.37. The van der Waals surface area contributed by atoms with Crippen molar-refractivity contribution < 1.29 is 9.53 Å². The van der Waals surface area contributed by atoms with Crippen molar-refractivity contribution in [3.8, 4) is 0 Å². The number of carbonyl (C=O) groups excluding carboxylic acids is 1. The van der Waals surface area contributed by atoms with Crippen LogP contribution in [-0.2, 0) is 11.2 Å². The minimum atomic E-state index is -0.353. The molecule has 35 heavy (non-hydrogen) atoms. The van der Waals surface area contributed by atoms with Gasteiger partial charge in [-0.3, -0.25) is 4.90 Å². The Morgan fingerprint density at radius 1 is 1.20 bits per heavy atom. The van der Waals surface area contributed by atoms with Crippen molar-refractivity contribution in [2.24, 2.45) is 11.8 Å². The molecule has 2 atom stereocenters. The Balaban J connectivity index is 1.35. The van der Waals surface area contributed by atoms with Gasteiger partial charge in [0.05, 0.1) is 12.1 Å². The van der Waals surface area contributed by atoms with Gasteiger partial charge in [-0.1, -0.05) is 51.3 Å². The molecule has 7 heteroatoms. The zero-order valence-electron chi connectivity index (χ0n) is 21.1. The second-order valence-electron chi connectivity index (χ2n) is 9.93. The number of carbonyl (C=O) groups is 1. The third-order valence-electron chi connectivity index (χ3n) is 7.17. The van der Waals surface area contributed by atoms with Gasteiger partial charge in [0.15, 0.2) is 0 Å². The summed E-state index contributed by atoms with van der Waals surface area (Å²) in [5.74, 6) is 2.03. The number of amides is 1. The second kappa shape index (κ2) is 10.9. The van der Waals surface area contributed by atoms with Crippen molar-refractivity contribution in [2.75, 3.05) is 29.9 Å². The number of rotatable bonds is 9. The summed E-state index contributed by atoms with van der Waals surface area (Å²) in [6.45, 7) is 16.6. The molecule has 1 amide bonds. The van der Waals surface area contributed by atoms with E-state index in [-0.39, 0.29) is 24.1 Å². The molecule has 0 radical (unpaired) electrons. The lowest BCUT2D eigenvalue weighted by atomic mass is 9.89. The lowest BCUT2D eigenvalue weighted by Crippen LogP contribution is -2.37. The first-order valence-electron chi connectivity index (χ1n) is 12.6. The van der Waals surface area contributed by atoms with Crippen LogP contribution in [0.5, 0.6) is 0 Å². The molecule has 0 bridgehead atoms. The Morgan fingerprint density at radius 3 is 2.57 bits per heavy atom. The van der Waals surface area contributed by atoms with Crippen molar-refractivity contribution in [3.05, 3.63) is 72.6 Å². The van der Waals surface area contributed by atoms with Gasteiger partial charge in [-0.15, -0.1) is 0 Å². The Bertz CT molecular complexity index is 1040. The number of anilines is 2. The number of nitrogens with zero attached hydrogens (tertiary/aromatic N) is 4. The lowest BCUT2D eigenvalue weighted by molar-refractivity contribution is 0.177. The highest BCUT2D eigenvalue weighted by molar-refractivity contribution is 5.89. The summed E-state index contributed by atoms with van der Waals surface area (Å²) >= 11 is 0. The van der Waals surface area contributed by atoms with Crippen LogP contribution in [0.15, 0.2) is 61.5 Å². The van der Waals surface area contributed by atoms with E-state index in [9.17, 15) is 4.79 Å². The lowest BCUT2D eigenvalue weighted by Gasteiger charge is -2.34. The van der Waals surface area contributed by atoms with Crippen molar-refractivity contribution in [1.29, 1.82) is 0 Å². The van der Waals surface area contributed by atoms with Crippen LogP contribution >= 0.6 is 0 Å². The first-order valence-corrected chi connectivity index (χ1v) is 12.6. The number of nitrogens with one attached hydrogen (secondary N) is 1. The number of likely N-dealkylation sites (tertiary alicyclic amines) is 1. The molecule has 2 saturated heterocycles. The molecule has 1 aromatic heterocycles. The van der Waals surface area contributed by atoms with E-state index in [0.717, 1.165) is 25.2 Å². The molecule has 7 nitrogen and oxygen atoms in total. The third-order valence-corrected chi connectivity index (χ3v) is 7.17. The predicted octanol–water partition coefficient (Wildman–Crippen LogP) is 5.59. The fourth-order valence-corrected chi connectivity index (χ4v) is 4.85. The largest absolute Gasteiger partial charge is 0.447 e. The fourth-order valence-electron chi connectivity index (χ4n) is 4.85. The van der Waals surface area contributed by atoms with Crippen LogP contribution < -0.4 is 10.2 Å². The van der Waals surface area contributed by atoms with E-state index in [1.165, 1.54) is 24.0 Å². The normalized spacial score (nSPS) is 19.5. The summed E-state index contributed by atoms with van der Waals surface area (Å²) in [4.78, 5) is 25.2. The number of allylic oxidation sites excluding steroid dienone is 1. The van der Waals surface area contributed by atoms with Crippen LogP contribution in [0.1, 0.15) is 50.8 Å². The summed E-state index contributed by atoms with van der Waals surface area (Å²) in [5.41, 5.74) is 3.57. The van der Waals surface area contributed by atoms with Gasteiger partial charge in [-0.05, 0) is 61.3 Å². The molecule has 186 valence electrons. The number of benzene rings is 1. The van der Waals surface area contributed by atoms with Gasteiger partial charge in [0.25, 0.3) is 0 Å². The predicted molar refractivity (Wildman–Crippen MR) is 140 cm³/mol. The summed E-state index contributed by atoms with van der Waals surface area (Å²) in [6, 6.07) is 10.6. The van der Waals surface area contributed by atoms with Crippen molar-refractivity contribution in [1.82, 2.24) is 14.9 Å². The van der Waals surface area contributed by atoms with Crippen LogP contribution in [-0.4, -0.2) is 46.7 Å². The van der Waals surface area contributed by atoms with Crippen molar-refractivity contribution >= 4 is 17.9 Å². The molecule has 3 heterocycles. The van der Waals surface area contributed by atoms with Crippen molar-refractivity contribution in [2.45, 2.75) is 52.1 Å². The van der Waals surface area contributed by atoms with E-state index < -0.39 is 0 Å². The topological polar surface area (TPSA) is 70.6 Å². The van der Waals surface area contributed by atoms with Gasteiger partial charge in [-0.25, -0.2) is 9.78 Å². The minimum Gasteiger partial charge on any atom is -0.447 e. The molecule has 2 aromatic rings. The van der Waals surface area contributed by atoms with E-state index in [4.69, 9.17) is 4.74 Å². The van der Waals surface area contributed by atoms with Crippen LogP contribution in [0.4, 0.5) is 16.6 Å². The Kier molecular flexibility index (Phi) is 7.73. The van der Waals surface area contributed by atoms with Gasteiger partial charge in [0, 0.05) is 25.0 Å². The standard InChI is InChI=1S/C28H37N5O2/c1-6-20(4)32-15-12-23(13-16-32)17-22-7-9-24(10-8-22)21(5)30-27-29-14-11-26(31-27)33-25(19(2)3)18-35-28(33)34/h6-11,14,19,21,23,25H,1,4,12-13,15-18H2,2-3,5H3,(H,29,30,31)/t21-,25?/m0/s1. The van der Waals surface area contributed by atoms with Gasteiger partial charge in [0.1, 0.15) is 12.4 Å². The average molecular weight is 476 g/mol. The molecule has 0 saturated carbocycles. The molecule has 0 spiro atoms. The van der Waals surface area contributed by atoms with Crippen LogP contribution in [0.2, 0.25) is 0 Å². The first kappa shape index (κ1) is 24.8. The molecule has 0 aliphatic carbocycles. The maximum absolute atomic E-state index is 12.3. The molecule has 2 fully saturated rings. The molecular weight excluding hydrogens is 438 g/mol. The zero-order chi connectivity index (χ0) is 24.9. The number of aromatic nitrogens is 2. The van der Waals surface area contributed by atoms with Gasteiger partial charge < -0.3 is 15.0 Å². The Hall–Kier alpha value is -3.35. The van der Waals surface area contributed by atoms with E-state index >= 15 is 0 Å². The maximum atomic E-state index is 12.3.